The quantitative estimate of drug-likeness (QED) is 0.0991. The van der Waals surface area contributed by atoms with Crippen molar-refractivity contribution < 1.29 is 40.7 Å². The van der Waals surface area contributed by atoms with Gasteiger partial charge in [-0.25, -0.2) is 0 Å². The molecule has 9 heteroatoms. The molecular weight excluding hydrogens is 949 g/mol. The Morgan fingerprint density at radius 1 is 0.366 bits per heavy atom. The van der Waals surface area contributed by atoms with Crippen molar-refractivity contribution in [2.75, 3.05) is 14.2 Å². The van der Waals surface area contributed by atoms with E-state index >= 15 is 0 Å². The molecule has 0 bridgehead atoms. The van der Waals surface area contributed by atoms with Gasteiger partial charge in [0.1, 0.15) is 24.2 Å². The molecule has 0 fully saturated rings. The van der Waals surface area contributed by atoms with E-state index < -0.39 is 0 Å². The summed E-state index contributed by atoms with van der Waals surface area (Å²) in [4.78, 5) is 0. The molecule has 8 aromatic carbocycles. The zero-order valence-electron chi connectivity index (χ0n) is 39.5. The third-order valence-electron chi connectivity index (χ3n) is 11.8. The minimum absolute atomic E-state index is 0. The largest absolute Gasteiger partial charge is 2.00 e. The zero-order chi connectivity index (χ0) is 48.7. The molecule has 4 aromatic heterocycles. The molecule has 0 aliphatic heterocycles. The Labute approximate surface area is 438 Å². The number of hydrogen-bond donors (Lipinski definition) is 2. The molecule has 0 radical (unpaired) electrons. The van der Waals surface area contributed by atoms with Crippen molar-refractivity contribution in [1.29, 1.82) is 0 Å². The molecular formula is C62H52N2O4S2Ti. The van der Waals surface area contributed by atoms with E-state index in [-0.39, 0.29) is 33.2 Å². The topological polar surface area (TPSA) is 55.7 Å². The Hall–Kier alpha value is -7.59. The van der Waals surface area contributed by atoms with E-state index in [0.717, 1.165) is 76.9 Å². The molecule has 0 aliphatic carbocycles. The van der Waals surface area contributed by atoms with Gasteiger partial charge < -0.3 is 18.9 Å². The second kappa shape index (κ2) is 22.4. The van der Waals surface area contributed by atoms with Gasteiger partial charge in [-0.3, -0.25) is 9.13 Å². The van der Waals surface area contributed by atoms with E-state index in [1.807, 2.05) is 158 Å². The molecule has 0 atom stereocenters. The number of hydrogen-bond acceptors (Lipinski definition) is 4. The third-order valence-corrected chi connectivity index (χ3v) is 13.8. The van der Waals surface area contributed by atoms with E-state index in [2.05, 4.69) is 119 Å². The predicted octanol–water partition coefficient (Wildman–Crippen LogP) is 17.5. The minimum atomic E-state index is 0. The van der Waals surface area contributed by atoms with E-state index in [4.69, 9.17) is 0 Å². The molecule has 0 unspecified atom stereocenters. The SMILES string of the molecule is [CH2-][O+](C)c1ccccc1-c1csc(-n2c3ccccc3c3ccccc32)c1O.[CH2-][O+](C)c1ccccc1-c1csc(-n2c3ccccc3c3ccccc32)c1O.[CH2-]c1ccccc1.[CH2-]c1ccccc1.[Ti+2]. The second-order valence-electron chi connectivity index (χ2n) is 16.6. The number of nitrogens with zero attached hydrogens (tertiary/aromatic N) is 2. The van der Waals surface area contributed by atoms with Crippen molar-refractivity contribution in [3.05, 3.63) is 256 Å². The van der Waals surface area contributed by atoms with Crippen LogP contribution in [0.5, 0.6) is 23.0 Å². The summed E-state index contributed by atoms with van der Waals surface area (Å²) in [6, 6.07) is 68.8. The first kappa shape index (κ1) is 49.8. The van der Waals surface area contributed by atoms with Gasteiger partial charge >= 0.3 is 21.7 Å². The number of fused-ring (bicyclic) bond motifs is 6. The Bertz CT molecular complexity index is 3330. The first-order valence-electron chi connectivity index (χ1n) is 22.5. The van der Waals surface area contributed by atoms with Crippen molar-refractivity contribution in [1.82, 2.24) is 9.13 Å². The van der Waals surface area contributed by atoms with Crippen LogP contribution in [0, 0.1) is 28.1 Å². The monoisotopic (exact) mass is 1000 g/mol. The number of thiophene rings is 2. The maximum absolute atomic E-state index is 11.2. The van der Waals surface area contributed by atoms with E-state index in [1.54, 1.807) is 22.7 Å². The minimum Gasteiger partial charge on any atom is -0.713 e. The predicted molar refractivity (Wildman–Crippen MR) is 297 cm³/mol. The Balaban J connectivity index is 0.000000148. The van der Waals surface area contributed by atoms with Gasteiger partial charge in [-0.15, -0.1) is 46.9 Å². The number of rotatable bonds is 6. The van der Waals surface area contributed by atoms with Gasteiger partial charge in [0, 0.05) is 55.6 Å². The van der Waals surface area contributed by atoms with Crippen molar-refractivity contribution >= 4 is 66.3 Å². The number of benzene rings is 8. The van der Waals surface area contributed by atoms with Crippen molar-refractivity contribution in [3.63, 3.8) is 0 Å². The van der Waals surface area contributed by atoms with Crippen LogP contribution >= 0.6 is 22.7 Å². The average molecular weight is 1000 g/mol. The first-order valence-corrected chi connectivity index (χ1v) is 24.3. The summed E-state index contributed by atoms with van der Waals surface area (Å²) in [6.07, 6.45) is 0. The van der Waals surface area contributed by atoms with Crippen molar-refractivity contribution in [2.24, 2.45) is 0 Å². The summed E-state index contributed by atoms with van der Waals surface area (Å²) in [5.74, 6) is 2.35. The number of aromatic nitrogens is 2. The molecule has 0 saturated heterocycles. The molecule has 350 valence electrons. The fourth-order valence-electron chi connectivity index (χ4n) is 8.61. The summed E-state index contributed by atoms with van der Waals surface area (Å²) in [5.41, 5.74) is 9.98. The maximum atomic E-state index is 11.2. The van der Waals surface area contributed by atoms with Gasteiger partial charge in [-0.2, -0.15) is 49.2 Å². The molecule has 6 nitrogen and oxygen atoms in total. The summed E-state index contributed by atoms with van der Waals surface area (Å²) >= 11 is 3.09. The van der Waals surface area contributed by atoms with Gasteiger partial charge in [-0.1, -0.05) is 109 Å². The van der Waals surface area contributed by atoms with Crippen molar-refractivity contribution in [2.45, 2.75) is 0 Å². The van der Waals surface area contributed by atoms with Crippen molar-refractivity contribution in [3.8, 4) is 55.3 Å². The molecule has 12 aromatic rings. The van der Waals surface area contributed by atoms with Crippen LogP contribution in [0.4, 0.5) is 0 Å². The molecule has 2 N–H and O–H groups in total. The molecule has 0 saturated carbocycles. The molecule has 0 amide bonds. The van der Waals surface area contributed by atoms with E-state index in [0.29, 0.717) is 0 Å². The Kier molecular flexibility index (Phi) is 15.7. The second-order valence-corrected chi connectivity index (χ2v) is 18.3. The summed E-state index contributed by atoms with van der Waals surface area (Å²) in [7, 11) is 11.5. The van der Waals surface area contributed by atoms with Crippen LogP contribution in [0.15, 0.2) is 217 Å². The van der Waals surface area contributed by atoms with Gasteiger partial charge in [0.05, 0.1) is 33.2 Å². The molecule has 12 rings (SSSR count). The first-order chi connectivity index (χ1) is 34.1. The van der Waals surface area contributed by atoms with Gasteiger partial charge in [-0.05, 0) is 50.6 Å². The summed E-state index contributed by atoms with van der Waals surface area (Å²) in [6.45, 7) is 7.44. The molecule has 0 aliphatic rings. The smallest absolute Gasteiger partial charge is 0.713 e. The normalized spacial score (nSPS) is 10.6. The Morgan fingerprint density at radius 3 is 0.915 bits per heavy atom. The average Bonchev–Trinajstić information content (AvgIpc) is 4.14. The molecule has 71 heavy (non-hydrogen) atoms. The van der Waals surface area contributed by atoms with E-state index in [1.165, 1.54) is 21.5 Å². The summed E-state index contributed by atoms with van der Waals surface area (Å²) in [5, 5.41) is 32.8. The standard InChI is InChI=1S/2C24H19NO2S.2C7H7.Ti/c2*1-27(2)22-14-8-5-11-18(22)19-15-28-24(23(19)26)25-20-12-6-3-9-16(20)17-10-4-7-13-21(17)25;2*1-7-5-3-2-4-6-7;/h2*3-15,26H,1H2,2H3;2*2-6H,1H2;/q;;2*-1;+2. The third kappa shape index (κ3) is 10.3. The van der Waals surface area contributed by atoms with Crippen LogP contribution in [0.25, 0.3) is 75.9 Å². The number of para-hydroxylation sites is 6. The molecule has 0 spiro atoms. The van der Waals surface area contributed by atoms with Crippen LogP contribution in [0.3, 0.4) is 0 Å². The van der Waals surface area contributed by atoms with Gasteiger partial charge in [0.2, 0.25) is 11.5 Å². The van der Waals surface area contributed by atoms with Crippen LogP contribution in [0.1, 0.15) is 11.1 Å². The Morgan fingerprint density at radius 2 is 0.634 bits per heavy atom. The van der Waals surface area contributed by atoms with Crippen LogP contribution in [-0.2, 0) is 30.5 Å². The van der Waals surface area contributed by atoms with Crippen LogP contribution in [0.2, 0.25) is 0 Å². The number of aromatic hydroxyl groups is 2. The fraction of sp³-hybridized carbons (Fsp3) is 0.0323. The van der Waals surface area contributed by atoms with E-state index in [9.17, 15) is 10.2 Å². The maximum Gasteiger partial charge on any atom is 2.00 e. The zero-order valence-corrected chi connectivity index (χ0v) is 42.7. The summed E-state index contributed by atoms with van der Waals surface area (Å²) < 4.78 is 9.63. The fourth-order valence-corrected chi connectivity index (χ4v) is 10.6. The van der Waals surface area contributed by atoms with Crippen LogP contribution < -0.4 is 0 Å². The van der Waals surface area contributed by atoms with Crippen LogP contribution in [-0.4, -0.2) is 33.6 Å². The van der Waals surface area contributed by atoms with Gasteiger partial charge in [0.25, 0.3) is 0 Å². The molecule has 4 heterocycles. The van der Waals surface area contributed by atoms with Gasteiger partial charge in [0.15, 0.2) is 11.5 Å².